The van der Waals surface area contributed by atoms with Crippen LogP contribution in [0.1, 0.15) is 56.1 Å². The molecule has 98 valence electrons. The van der Waals surface area contributed by atoms with Crippen molar-refractivity contribution in [2.75, 3.05) is 6.61 Å². The Morgan fingerprint density at radius 2 is 2.00 bits per heavy atom. The first-order chi connectivity index (χ1) is 8.34. The molecule has 2 rings (SSSR count). The molecule has 1 atom stereocenters. The molecule has 0 spiro atoms. The van der Waals surface area contributed by atoms with Gasteiger partial charge in [-0.3, -0.25) is 4.79 Å². The quantitative estimate of drug-likeness (QED) is 0.794. The van der Waals surface area contributed by atoms with E-state index in [1.807, 2.05) is 19.9 Å². The largest absolute Gasteiger partial charge is 0.494 e. The van der Waals surface area contributed by atoms with E-state index in [2.05, 4.69) is 26.8 Å². The molecule has 0 heterocycles. The maximum Gasteiger partial charge on any atom is 0.166 e. The van der Waals surface area contributed by atoms with E-state index >= 15 is 0 Å². The van der Waals surface area contributed by atoms with Crippen LogP contribution in [0.2, 0.25) is 0 Å². The Morgan fingerprint density at radius 1 is 1.33 bits per heavy atom. The van der Waals surface area contributed by atoms with E-state index in [0.29, 0.717) is 6.61 Å². The lowest BCUT2D eigenvalue weighted by molar-refractivity contribution is 0.0946. The van der Waals surface area contributed by atoms with Crippen LogP contribution in [0.15, 0.2) is 12.1 Å². The highest BCUT2D eigenvalue weighted by molar-refractivity contribution is 6.02. The Bertz CT molecular complexity index is 481. The van der Waals surface area contributed by atoms with Gasteiger partial charge in [-0.15, -0.1) is 0 Å². The van der Waals surface area contributed by atoms with Gasteiger partial charge in [0.2, 0.25) is 0 Å². The molecule has 1 unspecified atom stereocenters. The summed E-state index contributed by atoms with van der Waals surface area (Å²) in [6.45, 7) is 11.1. The SMILES string of the molecule is CCOc1cc2c(cc1C(C)(C)C)C(=O)C(C)C2. The van der Waals surface area contributed by atoms with Crippen LogP contribution >= 0.6 is 0 Å². The van der Waals surface area contributed by atoms with Crippen molar-refractivity contribution < 1.29 is 9.53 Å². The number of rotatable bonds is 2. The summed E-state index contributed by atoms with van der Waals surface area (Å²) in [5, 5.41) is 0. The van der Waals surface area contributed by atoms with E-state index in [1.165, 1.54) is 0 Å². The molecule has 0 bridgehead atoms. The monoisotopic (exact) mass is 246 g/mol. The van der Waals surface area contributed by atoms with Gasteiger partial charge in [0.1, 0.15) is 5.75 Å². The smallest absolute Gasteiger partial charge is 0.166 e. The number of fused-ring (bicyclic) bond motifs is 1. The average Bonchev–Trinajstić information content (AvgIpc) is 2.53. The number of hydrogen-bond acceptors (Lipinski definition) is 2. The van der Waals surface area contributed by atoms with Gasteiger partial charge in [0.05, 0.1) is 6.61 Å². The lowest BCUT2D eigenvalue weighted by Gasteiger charge is -2.23. The van der Waals surface area contributed by atoms with Crippen molar-refractivity contribution >= 4 is 5.78 Å². The van der Waals surface area contributed by atoms with Gasteiger partial charge < -0.3 is 4.74 Å². The fourth-order valence-corrected chi connectivity index (χ4v) is 2.57. The third-order valence-electron chi connectivity index (χ3n) is 3.55. The lowest BCUT2D eigenvalue weighted by Crippen LogP contribution is -2.15. The van der Waals surface area contributed by atoms with Crippen LogP contribution < -0.4 is 4.74 Å². The van der Waals surface area contributed by atoms with E-state index < -0.39 is 0 Å². The first-order valence-electron chi connectivity index (χ1n) is 6.69. The zero-order valence-corrected chi connectivity index (χ0v) is 12.0. The van der Waals surface area contributed by atoms with E-state index in [0.717, 1.165) is 28.9 Å². The molecule has 0 fully saturated rings. The first kappa shape index (κ1) is 13.1. The highest BCUT2D eigenvalue weighted by Gasteiger charge is 2.30. The predicted molar refractivity (Wildman–Crippen MR) is 73.5 cm³/mol. The van der Waals surface area contributed by atoms with Crippen LogP contribution in [-0.2, 0) is 11.8 Å². The Morgan fingerprint density at radius 3 is 2.56 bits per heavy atom. The molecule has 0 saturated heterocycles. The van der Waals surface area contributed by atoms with Gasteiger partial charge in [-0.2, -0.15) is 0 Å². The Kier molecular flexibility index (Phi) is 3.22. The van der Waals surface area contributed by atoms with Crippen molar-refractivity contribution in [1.29, 1.82) is 0 Å². The van der Waals surface area contributed by atoms with Gasteiger partial charge in [0.15, 0.2) is 5.78 Å². The summed E-state index contributed by atoms with van der Waals surface area (Å²) in [6.07, 6.45) is 0.846. The van der Waals surface area contributed by atoms with Crippen molar-refractivity contribution in [3.05, 3.63) is 28.8 Å². The van der Waals surface area contributed by atoms with Gasteiger partial charge >= 0.3 is 0 Å². The van der Waals surface area contributed by atoms with Gasteiger partial charge in [-0.25, -0.2) is 0 Å². The number of carbonyl (C=O) groups excluding carboxylic acids is 1. The summed E-state index contributed by atoms with van der Waals surface area (Å²) >= 11 is 0. The minimum atomic E-state index is -0.00829. The van der Waals surface area contributed by atoms with Gasteiger partial charge in [-0.05, 0) is 36.5 Å². The Labute approximate surface area is 109 Å². The third kappa shape index (κ3) is 2.16. The van der Waals surface area contributed by atoms with E-state index in [1.54, 1.807) is 0 Å². The number of ether oxygens (including phenoxy) is 1. The molecule has 2 nitrogen and oxygen atoms in total. The average molecular weight is 246 g/mol. The second kappa shape index (κ2) is 4.42. The zero-order valence-electron chi connectivity index (χ0n) is 12.0. The van der Waals surface area contributed by atoms with Gasteiger partial charge in [-0.1, -0.05) is 27.7 Å². The standard InChI is InChI=1S/C16H22O2/c1-6-18-14-8-11-7-10(2)15(17)12(11)9-13(14)16(3,4)5/h8-10H,6-7H2,1-5H3. The second-order valence-corrected chi connectivity index (χ2v) is 6.16. The first-order valence-corrected chi connectivity index (χ1v) is 6.69. The van der Waals surface area contributed by atoms with Crippen molar-refractivity contribution in [3.8, 4) is 5.75 Å². The van der Waals surface area contributed by atoms with Crippen molar-refractivity contribution in [2.45, 2.75) is 46.5 Å². The van der Waals surface area contributed by atoms with Crippen LogP contribution in [0.3, 0.4) is 0 Å². The summed E-state index contributed by atoms with van der Waals surface area (Å²) in [6, 6.07) is 4.12. The molecular weight excluding hydrogens is 224 g/mol. The van der Waals surface area contributed by atoms with Gasteiger partial charge in [0, 0.05) is 17.0 Å². The summed E-state index contributed by atoms with van der Waals surface area (Å²) in [4.78, 5) is 12.1. The molecule has 0 radical (unpaired) electrons. The van der Waals surface area contributed by atoms with E-state index in [9.17, 15) is 4.79 Å². The fourth-order valence-electron chi connectivity index (χ4n) is 2.57. The summed E-state index contributed by atoms with van der Waals surface area (Å²) in [5.74, 6) is 1.33. The number of benzene rings is 1. The minimum Gasteiger partial charge on any atom is -0.494 e. The molecule has 1 aromatic carbocycles. The third-order valence-corrected chi connectivity index (χ3v) is 3.55. The number of carbonyl (C=O) groups is 1. The molecule has 1 aliphatic carbocycles. The van der Waals surface area contributed by atoms with Crippen LogP contribution in [0.25, 0.3) is 0 Å². The molecule has 1 aromatic rings. The van der Waals surface area contributed by atoms with Gasteiger partial charge in [0.25, 0.3) is 0 Å². The van der Waals surface area contributed by atoms with Crippen molar-refractivity contribution in [3.63, 3.8) is 0 Å². The molecule has 1 aliphatic rings. The second-order valence-electron chi connectivity index (χ2n) is 6.16. The topological polar surface area (TPSA) is 26.3 Å². The molecule has 2 heteroatoms. The van der Waals surface area contributed by atoms with E-state index in [4.69, 9.17) is 4.74 Å². The molecule has 0 aromatic heterocycles. The molecule has 18 heavy (non-hydrogen) atoms. The number of Topliss-reactive ketones (excluding diaryl/α,β-unsaturated/α-hetero) is 1. The maximum absolute atomic E-state index is 12.1. The highest BCUT2D eigenvalue weighted by atomic mass is 16.5. The predicted octanol–water partition coefficient (Wildman–Crippen LogP) is 3.76. The summed E-state index contributed by atoms with van der Waals surface area (Å²) < 4.78 is 5.75. The lowest BCUT2D eigenvalue weighted by atomic mass is 9.84. The molecule has 0 N–H and O–H groups in total. The highest BCUT2D eigenvalue weighted by Crippen LogP contribution is 2.38. The summed E-state index contributed by atoms with van der Waals surface area (Å²) in [7, 11) is 0. The molecule has 0 saturated carbocycles. The minimum absolute atomic E-state index is 0.00829. The molecule has 0 aliphatic heterocycles. The zero-order chi connectivity index (χ0) is 13.5. The van der Waals surface area contributed by atoms with Crippen LogP contribution in [0, 0.1) is 5.92 Å². The Hall–Kier alpha value is -1.31. The maximum atomic E-state index is 12.1. The number of ketones is 1. The number of hydrogen-bond donors (Lipinski definition) is 0. The Balaban J connectivity index is 2.57. The normalized spacial score (nSPS) is 18.9. The van der Waals surface area contributed by atoms with Crippen molar-refractivity contribution in [1.82, 2.24) is 0 Å². The molecular formula is C16H22O2. The van der Waals surface area contributed by atoms with E-state index in [-0.39, 0.29) is 17.1 Å². The van der Waals surface area contributed by atoms with Crippen LogP contribution in [-0.4, -0.2) is 12.4 Å². The molecule has 0 amide bonds. The summed E-state index contributed by atoms with van der Waals surface area (Å²) in [5.41, 5.74) is 3.16. The van der Waals surface area contributed by atoms with Crippen LogP contribution in [0.4, 0.5) is 0 Å². The van der Waals surface area contributed by atoms with Crippen LogP contribution in [0.5, 0.6) is 5.75 Å². The van der Waals surface area contributed by atoms with Crippen molar-refractivity contribution in [2.24, 2.45) is 5.92 Å². The fraction of sp³-hybridized carbons (Fsp3) is 0.562.